The number of aliphatic hydroxyl groups is 1. The molecule has 4 nitrogen and oxygen atoms in total. The van der Waals surface area contributed by atoms with E-state index in [2.05, 4.69) is 21.7 Å². The van der Waals surface area contributed by atoms with Crippen LogP contribution in [0.1, 0.15) is 11.8 Å². The van der Waals surface area contributed by atoms with Crippen LogP contribution in [0.15, 0.2) is 6.20 Å². The highest BCUT2D eigenvalue weighted by molar-refractivity contribution is 7.15. The minimum Gasteiger partial charge on any atom is -0.391 e. The van der Waals surface area contributed by atoms with E-state index in [-0.39, 0.29) is 6.61 Å². The molecule has 0 saturated carbocycles. The summed E-state index contributed by atoms with van der Waals surface area (Å²) in [5.41, 5.74) is 0. The highest BCUT2D eigenvalue weighted by Gasteiger charge is 2.17. The average Bonchev–Trinajstić information content (AvgIpc) is 2.78. The van der Waals surface area contributed by atoms with Crippen molar-refractivity contribution in [2.24, 2.45) is 0 Å². The molecule has 1 fully saturated rings. The minimum absolute atomic E-state index is 0.104. The molecule has 2 rings (SSSR count). The standard InChI is InChI=1S/C10H17N3OS/c1-2-12-3-5-13(6-4-12)10-11-7-9(8-14)15-10/h7,14H,2-6,8H2,1H3. The van der Waals surface area contributed by atoms with Gasteiger partial charge in [0.15, 0.2) is 5.13 Å². The summed E-state index contributed by atoms with van der Waals surface area (Å²) < 4.78 is 0. The summed E-state index contributed by atoms with van der Waals surface area (Å²) in [5.74, 6) is 0. The Bertz CT molecular complexity index is 307. The van der Waals surface area contributed by atoms with Crippen LogP contribution in [0.25, 0.3) is 0 Å². The number of aromatic nitrogens is 1. The van der Waals surface area contributed by atoms with Crippen LogP contribution in [0.4, 0.5) is 5.13 Å². The molecule has 1 aliphatic heterocycles. The Balaban J connectivity index is 1.95. The lowest BCUT2D eigenvalue weighted by Crippen LogP contribution is -2.46. The van der Waals surface area contributed by atoms with Crippen LogP contribution in [-0.4, -0.2) is 47.7 Å². The van der Waals surface area contributed by atoms with Crippen LogP contribution in [0.2, 0.25) is 0 Å². The number of hydrogen-bond donors (Lipinski definition) is 1. The molecule has 0 aliphatic carbocycles. The molecule has 2 heterocycles. The van der Waals surface area contributed by atoms with Gasteiger partial charge in [0.1, 0.15) is 0 Å². The first-order valence-corrected chi connectivity index (χ1v) is 6.18. The van der Waals surface area contributed by atoms with E-state index >= 15 is 0 Å². The Morgan fingerprint density at radius 3 is 2.67 bits per heavy atom. The van der Waals surface area contributed by atoms with Crippen LogP contribution in [0.3, 0.4) is 0 Å². The van der Waals surface area contributed by atoms with E-state index in [1.807, 2.05) is 0 Å². The van der Waals surface area contributed by atoms with E-state index in [0.717, 1.165) is 42.7 Å². The maximum atomic E-state index is 8.97. The SMILES string of the molecule is CCN1CCN(c2ncc(CO)s2)CC1. The summed E-state index contributed by atoms with van der Waals surface area (Å²) >= 11 is 1.59. The van der Waals surface area contributed by atoms with Gasteiger partial charge in [-0.2, -0.15) is 0 Å². The number of nitrogens with zero attached hydrogens (tertiary/aromatic N) is 3. The van der Waals surface area contributed by atoms with E-state index in [1.54, 1.807) is 17.5 Å². The molecule has 0 radical (unpaired) electrons. The lowest BCUT2D eigenvalue weighted by molar-refractivity contribution is 0.271. The van der Waals surface area contributed by atoms with Gasteiger partial charge in [0, 0.05) is 32.4 Å². The summed E-state index contributed by atoms with van der Waals surface area (Å²) in [6, 6.07) is 0. The summed E-state index contributed by atoms with van der Waals surface area (Å²) in [6.07, 6.45) is 1.77. The quantitative estimate of drug-likeness (QED) is 0.828. The van der Waals surface area contributed by atoms with Gasteiger partial charge in [-0.1, -0.05) is 18.3 Å². The Labute approximate surface area is 94.2 Å². The van der Waals surface area contributed by atoms with Gasteiger partial charge < -0.3 is 14.9 Å². The monoisotopic (exact) mass is 227 g/mol. The van der Waals surface area contributed by atoms with Crippen molar-refractivity contribution in [1.82, 2.24) is 9.88 Å². The second-order valence-electron chi connectivity index (χ2n) is 3.69. The summed E-state index contributed by atoms with van der Waals surface area (Å²) in [7, 11) is 0. The zero-order chi connectivity index (χ0) is 10.7. The zero-order valence-corrected chi connectivity index (χ0v) is 9.83. The van der Waals surface area contributed by atoms with E-state index in [0.29, 0.717) is 0 Å². The van der Waals surface area contributed by atoms with Gasteiger partial charge in [-0.3, -0.25) is 0 Å². The lowest BCUT2D eigenvalue weighted by Gasteiger charge is -2.33. The maximum absolute atomic E-state index is 8.97. The molecular weight excluding hydrogens is 210 g/mol. The molecule has 15 heavy (non-hydrogen) atoms. The maximum Gasteiger partial charge on any atom is 0.185 e. The highest BCUT2D eigenvalue weighted by atomic mass is 32.1. The van der Waals surface area contributed by atoms with Crippen molar-refractivity contribution in [3.05, 3.63) is 11.1 Å². The number of anilines is 1. The number of rotatable bonds is 3. The average molecular weight is 227 g/mol. The lowest BCUT2D eigenvalue weighted by atomic mass is 10.3. The predicted octanol–water partition coefficient (Wildman–Crippen LogP) is 0.777. The number of aliphatic hydroxyl groups excluding tert-OH is 1. The Hall–Kier alpha value is -0.650. The Morgan fingerprint density at radius 2 is 2.13 bits per heavy atom. The van der Waals surface area contributed by atoms with Crippen LogP contribution < -0.4 is 4.90 Å². The van der Waals surface area contributed by atoms with Gasteiger partial charge in [-0.05, 0) is 6.54 Å². The fourth-order valence-electron chi connectivity index (χ4n) is 1.77. The van der Waals surface area contributed by atoms with Crippen molar-refractivity contribution < 1.29 is 5.11 Å². The van der Waals surface area contributed by atoms with Gasteiger partial charge >= 0.3 is 0 Å². The van der Waals surface area contributed by atoms with Gasteiger partial charge in [0.25, 0.3) is 0 Å². The molecule has 0 aromatic carbocycles. The summed E-state index contributed by atoms with van der Waals surface area (Å²) in [6.45, 7) is 7.76. The fraction of sp³-hybridized carbons (Fsp3) is 0.700. The third kappa shape index (κ3) is 2.48. The van der Waals surface area contributed by atoms with Crippen molar-refractivity contribution >= 4 is 16.5 Å². The Kier molecular flexibility index (Phi) is 3.56. The van der Waals surface area contributed by atoms with Gasteiger partial charge in [0.2, 0.25) is 0 Å². The van der Waals surface area contributed by atoms with E-state index in [4.69, 9.17) is 5.11 Å². The largest absolute Gasteiger partial charge is 0.391 e. The first-order valence-electron chi connectivity index (χ1n) is 5.36. The highest BCUT2D eigenvalue weighted by Crippen LogP contribution is 2.23. The smallest absolute Gasteiger partial charge is 0.185 e. The van der Waals surface area contributed by atoms with Crippen LogP contribution in [-0.2, 0) is 6.61 Å². The van der Waals surface area contributed by atoms with Crippen molar-refractivity contribution in [3.8, 4) is 0 Å². The number of likely N-dealkylation sites (N-methyl/N-ethyl adjacent to an activating group) is 1. The molecule has 1 N–H and O–H groups in total. The van der Waals surface area contributed by atoms with Gasteiger partial charge in [-0.25, -0.2) is 4.98 Å². The predicted molar refractivity (Wildman–Crippen MR) is 62.4 cm³/mol. The summed E-state index contributed by atoms with van der Waals surface area (Å²) in [5, 5.41) is 10.0. The molecule has 0 spiro atoms. The van der Waals surface area contributed by atoms with Crippen molar-refractivity contribution in [1.29, 1.82) is 0 Å². The topological polar surface area (TPSA) is 39.6 Å². The zero-order valence-electron chi connectivity index (χ0n) is 9.02. The third-order valence-corrected chi connectivity index (χ3v) is 3.83. The van der Waals surface area contributed by atoms with Crippen molar-refractivity contribution in [2.45, 2.75) is 13.5 Å². The van der Waals surface area contributed by atoms with Crippen molar-refractivity contribution in [2.75, 3.05) is 37.6 Å². The molecule has 1 aromatic heterocycles. The molecule has 1 aliphatic rings. The Morgan fingerprint density at radius 1 is 1.40 bits per heavy atom. The first-order chi connectivity index (χ1) is 7.33. The molecule has 0 atom stereocenters. The van der Waals surface area contributed by atoms with Crippen molar-refractivity contribution in [3.63, 3.8) is 0 Å². The van der Waals surface area contributed by atoms with E-state index in [1.165, 1.54) is 0 Å². The summed E-state index contributed by atoms with van der Waals surface area (Å²) in [4.78, 5) is 10.0. The minimum atomic E-state index is 0.104. The third-order valence-electron chi connectivity index (χ3n) is 2.79. The molecule has 84 valence electrons. The normalized spacial score (nSPS) is 18.4. The molecule has 0 amide bonds. The van der Waals surface area contributed by atoms with Crippen LogP contribution in [0, 0.1) is 0 Å². The molecule has 5 heteroatoms. The molecule has 1 aromatic rings. The van der Waals surface area contributed by atoms with Gasteiger partial charge in [0.05, 0.1) is 11.5 Å². The fourth-order valence-corrected chi connectivity index (χ4v) is 2.59. The van der Waals surface area contributed by atoms with Crippen LogP contribution in [0.5, 0.6) is 0 Å². The van der Waals surface area contributed by atoms with Gasteiger partial charge in [-0.15, -0.1) is 0 Å². The number of thiazole rings is 1. The van der Waals surface area contributed by atoms with E-state index < -0.39 is 0 Å². The molecular formula is C10H17N3OS. The molecule has 0 unspecified atom stereocenters. The van der Waals surface area contributed by atoms with Crippen LogP contribution >= 0.6 is 11.3 Å². The number of hydrogen-bond acceptors (Lipinski definition) is 5. The van der Waals surface area contributed by atoms with E-state index in [9.17, 15) is 0 Å². The second-order valence-corrected chi connectivity index (χ2v) is 4.78. The molecule has 0 bridgehead atoms. The second kappa shape index (κ2) is 4.92. The number of piperazine rings is 1. The molecule has 1 saturated heterocycles. The first kappa shape index (κ1) is 10.9.